The topological polar surface area (TPSA) is 114 Å². The van der Waals surface area contributed by atoms with E-state index >= 15 is 0 Å². The Morgan fingerprint density at radius 3 is 2.70 bits per heavy atom. The predicted octanol–water partition coefficient (Wildman–Crippen LogP) is 1.12. The van der Waals surface area contributed by atoms with Crippen LogP contribution in [-0.4, -0.2) is 35.4 Å². The highest BCUT2D eigenvalue weighted by Crippen LogP contribution is 2.27. The minimum absolute atomic E-state index is 0.110. The van der Waals surface area contributed by atoms with Crippen LogP contribution in [0, 0.1) is 10.1 Å². The zero-order valence-corrected chi connectivity index (χ0v) is 11.6. The molecule has 1 amide bonds. The van der Waals surface area contributed by atoms with Gasteiger partial charge in [0.2, 0.25) is 11.7 Å². The third kappa shape index (κ3) is 4.08. The monoisotopic (exact) mass is 281 g/mol. The van der Waals surface area contributed by atoms with E-state index in [4.69, 9.17) is 5.73 Å². The normalized spacial score (nSPS) is 10.1. The van der Waals surface area contributed by atoms with E-state index in [-0.39, 0.29) is 18.1 Å². The maximum atomic E-state index is 11.1. The second-order valence-electron chi connectivity index (χ2n) is 4.20. The van der Waals surface area contributed by atoms with Gasteiger partial charge in [0.1, 0.15) is 5.82 Å². The summed E-state index contributed by atoms with van der Waals surface area (Å²) in [6.07, 6.45) is 0.910. The third-order valence-electron chi connectivity index (χ3n) is 2.64. The molecule has 1 aromatic rings. The number of rotatable bonds is 8. The van der Waals surface area contributed by atoms with Gasteiger partial charge in [0.05, 0.1) is 11.5 Å². The van der Waals surface area contributed by atoms with Crippen molar-refractivity contribution in [3.05, 3.63) is 22.2 Å². The molecule has 0 aliphatic heterocycles. The van der Waals surface area contributed by atoms with Crippen LogP contribution in [0.25, 0.3) is 0 Å². The summed E-state index contributed by atoms with van der Waals surface area (Å²) >= 11 is 0. The number of primary amides is 1. The Balaban J connectivity index is 3.15. The maximum absolute atomic E-state index is 11.1. The van der Waals surface area contributed by atoms with Crippen LogP contribution in [0.15, 0.2) is 12.1 Å². The van der Waals surface area contributed by atoms with Crippen molar-refractivity contribution in [3.63, 3.8) is 0 Å². The standard InChI is InChI=1S/C12H19N5O3/c1-3-7-14-11-6-5-9(17(19)20)12(15-11)16(4-2)8-10(13)18/h5-6H,3-4,7-8H2,1-2H3,(H2,13,18)(H,14,15). The first-order chi connectivity index (χ1) is 9.49. The molecule has 110 valence electrons. The molecule has 0 atom stereocenters. The summed E-state index contributed by atoms with van der Waals surface area (Å²) in [6.45, 7) is 4.78. The number of amides is 1. The van der Waals surface area contributed by atoms with Gasteiger partial charge in [-0.05, 0) is 19.4 Å². The Kier molecular flexibility index (Phi) is 5.70. The zero-order valence-electron chi connectivity index (χ0n) is 11.6. The van der Waals surface area contributed by atoms with Crippen molar-refractivity contribution in [2.75, 3.05) is 29.9 Å². The Bertz CT molecular complexity index is 492. The number of anilines is 2. The van der Waals surface area contributed by atoms with Gasteiger partial charge in [-0.3, -0.25) is 14.9 Å². The lowest BCUT2D eigenvalue weighted by molar-refractivity contribution is -0.384. The summed E-state index contributed by atoms with van der Waals surface area (Å²) in [5.41, 5.74) is 5.01. The zero-order chi connectivity index (χ0) is 15.1. The summed E-state index contributed by atoms with van der Waals surface area (Å²) < 4.78 is 0. The third-order valence-corrected chi connectivity index (χ3v) is 2.64. The van der Waals surface area contributed by atoms with Gasteiger partial charge in [-0.2, -0.15) is 0 Å². The number of hydrogen-bond donors (Lipinski definition) is 2. The fraction of sp³-hybridized carbons (Fsp3) is 0.500. The molecule has 0 bridgehead atoms. The molecule has 1 aromatic heterocycles. The van der Waals surface area contributed by atoms with Gasteiger partial charge in [0.15, 0.2) is 0 Å². The molecule has 3 N–H and O–H groups in total. The minimum Gasteiger partial charge on any atom is -0.370 e. The van der Waals surface area contributed by atoms with Crippen LogP contribution in [0.5, 0.6) is 0 Å². The molecule has 0 unspecified atom stereocenters. The van der Waals surface area contributed by atoms with Crippen LogP contribution in [0.2, 0.25) is 0 Å². The summed E-state index contributed by atoms with van der Waals surface area (Å²) in [4.78, 5) is 27.3. The molecule has 1 heterocycles. The molecule has 0 aromatic carbocycles. The van der Waals surface area contributed by atoms with Crippen LogP contribution < -0.4 is 16.0 Å². The van der Waals surface area contributed by atoms with Crippen molar-refractivity contribution in [2.24, 2.45) is 5.73 Å². The molecule has 8 heteroatoms. The Morgan fingerprint density at radius 1 is 1.50 bits per heavy atom. The Morgan fingerprint density at radius 2 is 2.20 bits per heavy atom. The first kappa shape index (κ1) is 15.7. The van der Waals surface area contributed by atoms with Crippen LogP contribution >= 0.6 is 0 Å². The molecule has 0 radical (unpaired) electrons. The molecule has 0 aliphatic carbocycles. The first-order valence-electron chi connectivity index (χ1n) is 6.42. The highest BCUT2D eigenvalue weighted by atomic mass is 16.6. The van der Waals surface area contributed by atoms with Crippen molar-refractivity contribution in [3.8, 4) is 0 Å². The summed E-state index contributed by atoms with van der Waals surface area (Å²) in [5.74, 6) is 0.127. The molecular formula is C12H19N5O3. The van der Waals surface area contributed by atoms with Gasteiger partial charge in [0.25, 0.3) is 0 Å². The van der Waals surface area contributed by atoms with E-state index in [0.717, 1.165) is 6.42 Å². The van der Waals surface area contributed by atoms with E-state index in [1.807, 2.05) is 6.92 Å². The van der Waals surface area contributed by atoms with E-state index < -0.39 is 10.8 Å². The van der Waals surface area contributed by atoms with Crippen molar-refractivity contribution in [1.82, 2.24) is 4.98 Å². The first-order valence-corrected chi connectivity index (χ1v) is 6.42. The van der Waals surface area contributed by atoms with E-state index in [9.17, 15) is 14.9 Å². The number of hydrogen-bond acceptors (Lipinski definition) is 6. The van der Waals surface area contributed by atoms with E-state index in [0.29, 0.717) is 18.9 Å². The van der Waals surface area contributed by atoms with Gasteiger partial charge in [0, 0.05) is 19.2 Å². The Hall–Kier alpha value is -2.38. The van der Waals surface area contributed by atoms with Crippen molar-refractivity contribution < 1.29 is 9.72 Å². The van der Waals surface area contributed by atoms with Crippen LogP contribution in [0.1, 0.15) is 20.3 Å². The number of nitro groups is 1. The molecule has 0 saturated carbocycles. The average Bonchev–Trinajstić information content (AvgIpc) is 2.41. The van der Waals surface area contributed by atoms with Gasteiger partial charge in [-0.25, -0.2) is 4.98 Å². The minimum atomic E-state index is -0.560. The van der Waals surface area contributed by atoms with E-state index in [1.165, 1.54) is 11.0 Å². The van der Waals surface area contributed by atoms with Crippen LogP contribution in [0.3, 0.4) is 0 Å². The quantitative estimate of drug-likeness (QED) is 0.545. The number of pyridine rings is 1. The number of nitrogens with zero attached hydrogens (tertiary/aromatic N) is 3. The number of nitrogens with two attached hydrogens (primary N) is 1. The summed E-state index contributed by atoms with van der Waals surface area (Å²) in [5, 5.41) is 14.1. The van der Waals surface area contributed by atoms with Gasteiger partial charge >= 0.3 is 5.69 Å². The summed E-state index contributed by atoms with van der Waals surface area (Å²) in [6, 6.07) is 2.93. The Labute approximate surface area is 117 Å². The second kappa shape index (κ2) is 7.27. The number of carbonyl (C=O) groups is 1. The van der Waals surface area contributed by atoms with Gasteiger partial charge in [-0.1, -0.05) is 6.92 Å². The van der Waals surface area contributed by atoms with Crippen molar-refractivity contribution in [1.29, 1.82) is 0 Å². The average molecular weight is 281 g/mol. The fourth-order valence-electron chi connectivity index (χ4n) is 1.69. The molecular weight excluding hydrogens is 262 g/mol. The molecule has 20 heavy (non-hydrogen) atoms. The highest BCUT2D eigenvalue weighted by molar-refractivity contribution is 5.80. The van der Waals surface area contributed by atoms with Gasteiger partial charge < -0.3 is 16.0 Å². The van der Waals surface area contributed by atoms with E-state index in [2.05, 4.69) is 10.3 Å². The van der Waals surface area contributed by atoms with Crippen LogP contribution in [0.4, 0.5) is 17.3 Å². The van der Waals surface area contributed by atoms with Crippen LogP contribution in [-0.2, 0) is 4.79 Å². The summed E-state index contributed by atoms with van der Waals surface area (Å²) in [7, 11) is 0. The number of aromatic nitrogens is 1. The molecule has 0 fully saturated rings. The largest absolute Gasteiger partial charge is 0.370 e. The lowest BCUT2D eigenvalue weighted by atomic mass is 10.3. The molecule has 1 rings (SSSR count). The highest BCUT2D eigenvalue weighted by Gasteiger charge is 2.22. The maximum Gasteiger partial charge on any atom is 0.311 e. The van der Waals surface area contributed by atoms with Crippen molar-refractivity contribution in [2.45, 2.75) is 20.3 Å². The molecule has 0 saturated heterocycles. The van der Waals surface area contributed by atoms with E-state index in [1.54, 1.807) is 13.0 Å². The van der Waals surface area contributed by atoms with Crippen molar-refractivity contribution >= 4 is 23.2 Å². The number of carbonyl (C=O) groups excluding carboxylic acids is 1. The molecule has 0 aliphatic rings. The predicted molar refractivity (Wildman–Crippen MR) is 76.8 cm³/mol. The molecule has 0 spiro atoms. The lowest BCUT2D eigenvalue weighted by Gasteiger charge is -2.20. The number of nitrogens with one attached hydrogen (secondary N) is 1. The number of likely N-dealkylation sites (N-methyl/N-ethyl adjacent to an activating group) is 1. The fourth-order valence-corrected chi connectivity index (χ4v) is 1.69. The smallest absolute Gasteiger partial charge is 0.311 e. The SMILES string of the molecule is CCCNc1ccc([N+](=O)[O-])c(N(CC)CC(N)=O)n1. The second-order valence-corrected chi connectivity index (χ2v) is 4.20. The lowest BCUT2D eigenvalue weighted by Crippen LogP contribution is -2.34. The molecule has 8 nitrogen and oxygen atoms in total. The van der Waals surface area contributed by atoms with Gasteiger partial charge in [-0.15, -0.1) is 0 Å².